The third-order valence-corrected chi connectivity index (χ3v) is 3.18. The van der Waals surface area contributed by atoms with Crippen LogP contribution in [-0.2, 0) is 4.79 Å². The third-order valence-electron chi connectivity index (χ3n) is 3.18. The Balaban J connectivity index is 2.48. The minimum absolute atomic E-state index is 0.0197. The predicted octanol–water partition coefficient (Wildman–Crippen LogP) is 0.739. The Morgan fingerprint density at radius 1 is 1.53 bits per heavy atom. The molecule has 1 aliphatic rings. The molecule has 6 heteroatoms. The minimum atomic E-state index is -1.12. The number of methoxy groups -OCH3 is 1. The summed E-state index contributed by atoms with van der Waals surface area (Å²) in [6, 6.07) is 4.61. The summed E-state index contributed by atoms with van der Waals surface area (Å²) in [6.45, 7) is 0.204. The van der Waals surface area contributed by atoms with E-state index >= 15 is 0 Å². The zero-order valence-electron chi connectivity index (χ0n) is 10.5. The number of carboxylic acids is 1. The predicted molar refractivity (Wildman–Crippen MR) is 67.5 cm³/mol. The summed E-state index contributed by atoms with van der Waals surface area (Å²) in [5, 5.41) is 18.3. The zero-order valence-corrected chi connectivity index (χ0v) is 10.5. The number of para-hydroxylation sites is 1. The molecule has 0 radical (unpaired) electrons. The van der Waals surface area contributed by atoms with Crippen molar-refractivity contribution in [2.24, 2.45) is 5.92 Å². The molecule has 0 saturated carbocycles. The van der Waals surface area contributed by atoms with Crippen LogP contribution in [0.15, 0.2) is 18.2 Å². The topological polar surface area (TPSA) is 87.1 Å². The molecule has 1 aromatic carbocycles. The largest absolute Gasteiger partial charge is 0.495 e. The minimum Gasteiger partial charge on any atom is -0.495 e. The van der Waals surface area contributed by atoms with E-state index in [1.54, 1.807) is 12.1 Å². The quantitative estimate of drug-likeness (QED) is 0.838. The summed E-state index contributed by atoms with van der Waals surface area (Å²) in [6.07, 6.45) is 0.216. The molecular formula is C13H15NO5. The summed E-state index contributed by atoms with van der Waals surface area (Å²) >= 11 is 0. The number of aromatic carboxylic acids is 1. The summed E-state index contributed by atoms with van der Waals surface area (Å²) in [7, 11) is 1.43. The zero-order chi connectivity index (χ0) is 14.0. The highest BCUT2D eigenvalue weighted by Gasteiger charge is 2.34. The van der Waals surface area contributed by atoms with Crippen LogP contribution in [0.2, 0.25) is 0 Å². The lowest BCUT2D eigenvalue weighted by molar-refractivity contribution is -0.117. The number of nitrogens with zero attached hydrogens (tertiary/aromatic N) is 1. The Kier molecular flexibility index (Phi) is 3.71. The standard InChI is InChI=1S/C13H15NO5/c1-19-10-4-2-3-9(13(17)18)12(10)14-6-8(7-15)5-11(14)16/h2-4,8,15H,5-7H2,1H3,(H,17,18). The number of hydrogen-bond donors (Lipinski definition) is 2. The lowest BCUT2D eigenvalue weighted by Crippen LogP contribution is -2.27. The van der Waals surface area contributed by atoms with Gasteiger partial charge in [0.25, 0.3) is 0 Å². The van der Waals surface area contributed by atoms with Gasteiger partial charge in [0.2, 0.25) is 5.91 Å². The Morgan fingerprint density at radius 3 is 2.79 bits per heavy atom. The van der Waals surface area contributed by atoms with E-state index in [0.29, 0.717) is 12.3 Å². The fourth-order valence-corrected chi connectivity index (χ4v) is 2.26. The van der Waals surface area contributed by atoms with Crippen LogP contribution in [0.3, 0.4) is 0 Å². The van der Waals surface area contributed by atoms with Crippen molar-refractivity contribution < 1.29 is 24.5 Å². The van der Waals surface area contributed by atoms with Crippen molar-refractivity contribution in [2.45, 2.75) is 6.42 Å². The second-order valence-electron chi connectivity index (χ2n) is 4.42. The molecule has 1 aromatic rings. The lowest BCUT2D eigenvalue weighted by Gasteiger charge is -2.21. The van der Waals surface area contributed by atoms with Crippen molar-refractivity contribution in [3.05, 3.63) is 23.8 Å². The van der Waals surface area contributed by atoms with Gasteiger partial charge in [-0.15, -0.1) is 0 Å². The van der Waals surface area contributed by atoms with Crippen molar-refractivity contribution >= 4 is 17.6 Å². The van der Waals surface area contributed by atoms with E-state index in [4.69, 9.17) is 9.84 Å². The maximum atomic E-state index is 12.0. The average molecular weight is 265 g/mol. The van der Waals surface area contributed by atoms with Gasteiger partial charge in [-0.3, -0.25) is 4.79 Å². The van der Waals surface area contributed by atoms with Gasteiger partial charge in [0, 0.05) is 25.5 Å². The molecule has 1 aliphatic heterocycles. The molecular weight excluding hydrogens is 250 g/mol. The van der Waals surface area contributed by atoms with E-state index < -0.39 is 5.97 Å². The van der Waals surface area contributed by atoms with E-state index in [1.165, 1.54) is 18.1 Å². The SMILES string of the molecule is COc1cccc(C(=O)O)c1N1CC(CO)CC1=O. The van der Waals surface area contributed by atoms with Crippen LogP contribution in [0, 0.1) is 5.92 Å². The molecule has 2 rings (SSSR count). The maximum Gasteiger partial charge on any atom is 0.337 e. The van der Waals surface area contributed by atoms with Gasteiger partial charge in [-0.05, 0) is 12.1 Å². The normalized spacial score (nSPS) is 18.7. The van der Waals surface area contributed by atoms with Gasteiger partial charge in [-0.25, -0.2) is 4.79 Å². The second kappa shape index (κ2) is 5.27. The van der Waals surface area contributed by atoms with Crippen molar-refractivity contribution in [3.63, 3.8) is 0 Å². The highest BCUT2D eigenvalue weighted by atomic mass is 16.5. The summed E-state index contributed by atoms with van der Waals surface area (Å²) in [5.74, 6) is -1.15. The number of carbonyl (C=O) groups is 2. The second-order valence-corrected chi connectivity index (χ2v) is 4.42. The van der Waals surface area contributed by atoms with E-state index in [1.807, 2.05) is 0 Å². The van der Waals surface area contributed by atoms with Gasteiger partial charge in [-0.1, -0.05) is 6.07 Å². The van der Waals surface area contributed by atoms with Gasteiger partial charge >= 0.3 is 5.97 Å². The maximum absolute atomic E-state index is 12.0. The van der Waals surface area contributed by atoms with Crippen LogP contribution in [0.1, 0.15) is 16.8 Å². The monoisotopic (exact) mass is 265 g/mol. The summed E-state index contributed by atoms with van der Waals surface area (Å²) in [4.78, 5) is 24.6. The van der Waals surface area contributed by atoms with Gasteiger partial charge in [0.05, 0.1) is 12.7 Å². The molecule has 0 aromatic heterocycles. The molecule has 1 heterocycles. The molecule has 6 nitrogen and oxygen atoms in total. The van der Waals surface area contributed by atoms with E-state index in [0.717, 1.165) is 0 Å². The molecule has 102 valence electrons. The number of carbonyl (C=O) groups excluding carboxylic acids is 1. The molecule has 1 fully saturated rings. The van der Waals surface area contributed by atoms with Crippen molar-refractivity contribution in [1.29, 1.82) is 0 Å². The first kappa shape index (κ1) is 13.4. The summed E-state index contributed by atoms with van der Waals surface area (Å²) in [5.41, 5.74) is 0.282. The molecule has 0 aliphatic carbocycles. The number of benzene rings is 1. The van der Waals surface area contributed by atoms with Crippen molar-refractivity contribution in [2.75, 3.05) is 25.2 Å². The van der Waals surface area contributed by atoms with Crippen LogP contribution in [-0.4, -0.2) is 42.4 Å². The molecule has 0 spiro atoms. The van der Waals surface area contributed by atoms with Gasteiger partial charge in [-0.2, -0.15) is 0 Å². The molecule has 1 saturated heterocycles. The van der Waals surface area contributed by atoms with Crippen LogP contribution in [0.5, 0.6) is 5.75 Å². The van der Waals surface area contributed by atoms with Crippen molar-refractivity contribution in [1.82, 2.24) is 0 Å². The number of anilines is 1. The first-order valence-electron chi connectivity index (χ1n) is 5.90. The number of hydrogen-bond acceptors (Lipinski definition) is 4. The van der Waals surface area contributed by atoms with Gasteiger partial charge < -0.3 is 19.8 Å². The van der Waals surface area contributed by atoms with Gasteiger partial charge in [0.1, 0.15) is 11.4 Å². The smallest absolute Gasteiger partial charge is 0.337 e. The fourth-order valence-electron chi connectivity index (χ4n) is 2.26. The third kappa shape index (κ3) is 2.39. The van der Waals surface area contributed by atoms with E-state index in [-0.39, 0.29) is 36.1 Å². The Labute approximate surface area is 110 Å². The highest BCUT2D eigenvalue weighted by Crippen LogP contribution is 2.36. The molecule has 1 amide bonds. The number of rotatable bonds is 4. The Bertz CT molecular complexity index is 514. The van der Waals surface area contributed by atoms with Crippen LogP contribution >= 0.6 is 0 Å². The summed E-state index contributed by atoms with van der Waals surface area (Å²) < 4.78 is 5.15. The average Bonchev–Trinajstić information content (AvgIpc) is 2.78. The number of aliphatic hydroxyl groups excluding tert-OH is 1. The lowest BCUT2D eigenvalue weighted by atomic mass is 10.1. The fraction of sp³-hybridized carbons (Fsp3) is 0.385. The number of carboxylic acid groups (broad SMARTS) is 1. The Hall–Kier alpha value is -2.08. The van der Waals surface area contributed by atoms with Crippen LogP contribution in [0.4, 0.5) is 5.69 Å². The number of aliphatic hydroxyl groups is 1. The molecule has 1 atom stereocenters. The number of amides is 1. The van der Waals surface area contributed by atoms with Crippen molar-refractivity contribution in [3.8, 4) is 5.75 Å². The van der Waals surface area contributed by atoms with Gasteiger partial charge in [0.15, 0.2) is 0 Å². The highest BCUT2D eigenvalue weighted by molar-refractivity contribution is 6.05. The molecule has 19 heavy (non-hydrogen) atoms. The number of ether oxygens (including phenoxy) is 1. The van der Waals surface area contributed by atoms with Crippen LogP contribution < -0.4 is 9.64 Å². The first-order valence-corrected chi connectivity index (χ1v) is 5.90. The first-order chi connectivity index (χ1) is 9.08. The van der Waals surface area contributed by atoms with E-state index in [2.05, 4.69) is 0 Å². The van der Waals surface area contributed by atoms with Crippen LogP contribution in [0.25, 0.3) is 0 Å². The Morgan fingerprint density at radius 2 is 2.26 bits per heavy atom. The van der Waals surface area contributed by atoms with E-state index in [9.17, 15) is 14.7 Å². The molecule has 2 N–H and O–H groups in total. The molecule has 0 bridgehead atoms. The molecule has 1 unspecified atom stereocenters.